The van der Waals surface area contributed by atoms with Crippen molar-refractivity contribution in [2.24, 2.45) is 0 Å². The molecule has 118 valence electrons. The fourth-order valence-electron chi connectivity index (χ4n) is 2.86. The van der Waals surface area contributed by atoms with E-state index in [-0.39, 0.29) is 0 Å². The zero-order valence-electron chi connectivity index (χ0n) is 13.1. The number of halogens is 1. The SMILES string of the molecule is CCCNC(CCCOC)Cc1cc(Cl)cc2c1OCC2. The van der Waals surface area contributed by atoms with E-state index in [1.165, 1.54) is 11.1 Å². The average Bonchev–Trinajstić information content (AvgIpc) is 2.93. The number of methoxy groups -OCH3 is 1. The summed E-state index contributed by atoms with van der Waals surface area (Å²) >= 11 is 6.25. The lowest BCUT2D eigenvalue weighted by molar-refractivity contribution is 0.188. The Bertz CT molecular complexity index is 451. The van der Waals surface area contributed by atoms with E-state index in [0.717, 1.165) is 62.6 Å². The predicted octanol–water partition coefficient (Wildman–Crippen LogP) is 3.61. The number of fused-ring (bicyclic) bond motifs is 1. The minimum absolute atomic E-state index is 0.451. The Balaban J connectivity index is 2.04. The fourth-order valence-corrected chi connectivity index (χ4v) is 3.13. The van der Waals surface area contributed by atoms with E-state index < -0.39 is 0 Å². The van der Waals surface area contributed by atoms with E-state index in [2.05, 4.69) is 18.3 Å². The van der Waals surface area contributed by atoms with E-state index >= 15 is 0 Å². The zero-order valence-corrected chi connectivity index (χ0v) is 13.8. The van der Waals surface area contributed by atoms with Crippen LogP contribution >= 0.6 is 11.6 Å². The van der Waals surface area contributed by atoms with E-state index in [1.54, 1.807) is 7.11 Å². The molecule has 0 radical (unpaired) electrons. The zero-order chi connectivity index (χ0) is 15.1. The molecule has 4 heteroatoms. The summed E-state index contributed by atoms with van der Waals surface area (Å²) in [5.41, 5.74) is 2.49. The van der Waals surface area contributed by atoms with Gasteiger partial charge in [0.25, 0.3) is 0 Å². The molecule has 1 aliphatic heterocycles. The monoisotopic (exact) mass is 311 g/mol. The molecular formula is C17H26ClNO2. The van der Waals surface area contributed by atoms with E-state index in [0.29, 0.717) is 6.04 Å². The molecule has 21 heavy (non-hydrogen) atoms. The minimum Gasteiger partial charge on any atom is -0.493 e. The molecule has 1 aromatic carbocycles. The molecule has 0 aliphatic carbocycles. The van der Waals surface area contributed by atoms with Crippen LogP contribution in [0.4, 0.5) is 0 Å². The lowest BCUT2D eigenvalue weighted by atomic mass is 9.98. The molecule has 1 aliphatic rings. The first-order valence-corrected chi connectivity index (χ1v) is 8.28. The van der Waals surface area contributed by atoms with Crippen molar-refractivity contribution in [2.75, 3.05) is 26.9 Å². The van der Waals surface area contributed by atoms with Gasteiger partial charge in [-0.2, -0.15) is 0 Å². The van der Waals surface area contributed by atoms with Crippen LogP contribution in [0.25, 0.3) is 0 Å². The molecule has 1 unspecified atom stereocenters. The van der Waals surface area contributed by atoms with Gasteiger partial charge < -0.3 is 14.8 Å². The van der Waals surface area contributed by atoms with Crippen LogP contribution in [-0.4, -0.2) is 32.9 Å². The molecule has 0 spiro atoms. The number of ether oxygens (including phenoxy) is 2. The summed E-state index contributed by atoms with van der Waals surface area (Å²) in [6.07, 6.45) is 5.26. The normalized spacial score (nSPS) is 14.8. The van der Waals surface area contributed by atoms with Crippen molar-refractivity contribution in [3.8, 4) is 5.75 Å². The maximum atomic E-state index is 6.25. The van der Waals surface area contributed by atoms with Gasteiger partial charge in [0, 0.05) is 31.2 Å². The van der Waals surface area contributed by atoms with Gasteiger partial charge in [-0.1, -0.05) is 18.5 Å². The predicted molar refractivity (Wildman–Crippen MR) is 87.5 cm³/mol. The van der Waals surface area contributed by atoms with Crippen molar-refractivity contribution in [1.29, 1.82) is 0 Å². The van der Waals surface area contributed by atoms with Crippen LogP contribution < -0.4 is 10.1 Å². The van der Waals surface area contributed by atoms with Crippen LogP contribution in [0.2, 0.25) is 5.02 Å². The smallest absolute Gasteiger partial charge is 0.125 e. The summed E-state index contributed by atoms with van der Waals surface area (Å²) in [5, 5.41) is 4.45. The maximum Gasteiger partial charge on any atom is 0.125 e. The molecular weight excluding hydrogens is 286 g/mol. The highest BCUT2D eigenvalue weighted by Crippen LogP contribution is 2.33. The molecule has 0 saturated carbocycles. The standard InChI is InChI=1S/C17H26ClNO2/c1-3-7-19-16(5-4-8-20-2)12-14-11-15(18)10-13-6-9-21-17(13)14/h10-11,16,19H,3-9,12H2,1-2H3. The first-order chi connectivity index (χ1) is 10.2. The molecule has 3 nitrogen and oxygen atoms in total. The van der Waals surface area contributed by atoms with Crippen LogP contribution in [0.1, 0.15) is 37.3 Å². The molecule has 1 N–H and O–H groups in total. The molecule has 2 rings (SSSR count). The summed E-state index contributed by atoms with van der Waals surface area (Å²) in [6.45, 7) is 4.83. The second-order valence-corrected chi connectivity index (χ2v) is 6.08. The highest BCUT2D eigenvalue weighted by molar-refractivity contribution is 6.30. The molecule has 0 aromatic heterocycles. The topological polar surface area (TPSA) is 30.5 Å². The summed E-state index contributed by atoms with van der Waals surface area (Å²) in [4.78, 5) is 0. The van der Waals surface area contributed by atoms with Gasteiger partial charge >= 0.3 is 0 Å². The van der Waals surface area contributed by atoms with Crippen molar-refractivity contribution in [3.63, 3.8) is 0 Å². The molecule has 0 bridgehead atoms. The van der Waals surface area contributed by atoms with Crippen LogP contribution in [0.3, 0.4) is 0 Å². The quantitative estimate of drug-likeness (QED) is 0.707. The lowest BCUT2D eigenvalue weighted by Crippen LogP contribution is -2.32. The molecule has 1 aromatic rings. The van der Waals surface area contributed by atoms with Crippen LogP contribution in [0, 0.1) is 0 Å². The Morgan fingerprint density at radius 1 is 1.43 bits per heavy atom. The van der Waals surface area contributed by atoms with Gasteiger partial charge in [-0.05, 0) is 55.5 Å². The van der Waals surface area contributed by atoms with Crippen LogP contribution in [-0.2, 0) is 17.6 Å². The summed E-state index contributed by atoms with van der Waals surface area (Å²) < 4.78 is 11.0. The second kappa shape index (κ2) is 8.62. The van der Waals surface area contributed by atoms with Crippen molar-refractivity contribution in [3.05, 3.63) is 28.3 Å². The number of benzene rings is 1. The summed E-state index contributed by atoms with van der Waals surface area (Å²) in [7, 11) is 1.76. The van der Waals surface area contributed by atoms with Crippen molar-refractivity contribution < 1.29 is 9.47 Å². The molecule has 1 heterocycles. The van der Waals surface area contributed by atoms with Crippen LogP contribution in [0.5, 0.6) is 5.75 Å². The molecule has 0 saturated heterocycles. The third-order valence-electron chi connectivity index (χ3n) is 3.88. The van der Waals surface area contributed by atoms with E-state index in [1.807, 2.05) is 6.07 Å². The lowest BCUT2D eigenvalue weighted by Gasteiger charge is -2.20. The molecule has 1 atom stereocenters. The van der Waals surface area contributed by atoms with Gasteiger partial charge in [0.2, 0.25) is 0 Å². The third-order valence-corrected chi connectivity index (χ3v) is 4.09. The number of hydrogen-bond donors (Lipinski definition) is 1. The van der Waals surface area contributed by atoms with Gasteiger partial charge in [-0.3, -0.25) is 0 Å². The highest BCUT2D eigenvalue weighted by Gasteiger charge is 2.20. The van der Waals surface area contributed by atoms with Gasteiger partial charge in [0.15, 0.2) is 0 Å². The van der Waals surface area contributed by atoms with Gasteiger partial charge in [0.1, 0.15) is 5.75 Å². The molecule has 0 amide bonds. The minimum atomic E-state index is 0.451. The largest absolute Gasteiger partial charge is 0.493 e. The highest BCUT2D eigenvalue weighted by atomic mass is 35.5. The van der Waals surface area contributed by atoms with Crippen molar-refractivity contribution >= 4 is 11.6 Å². The summed E-state index contributed by atoms with van der Waals surface area (Å²) in [5.74, 6) is 1.06. The van der Waals surface area contributed by atoms with E-state index in [9.17, 15) is 0 Å². The number of hydrogen-bond acceptors (Lipinski definition) is 3. The second-order valence-electron chi connectivity index (χ2n) is 5.64. The first kappa shape index (κ1) is 16.6. The van der Waals surface area contributed by atoms with Gasteiger partial charge in [-0.15, -0.1) is 0 Å². The Morgan fingerprint density at radius 2 is 2.29 bits per heavy atom. The maximum absolute atomic E-state index is 6.25. The number of nitrogens with one attached hydrogen (secondary N) is 1. The van der Waals surface area contributed by atoms with Crippen molar-refractivity contribution in [2.45, 2.75) is 45.1 Å². The van der Waals surface area contributed by atoms with Gasteiger partial charge in [-0.25, -0.2) is 0 Å². The Labute approximate surface area is 133 Å². The first-order valence-electron chi connectivity index (χ1n) is 7.91. The van der Waals surface area contributed by atoms with E-state index in [4.69, 9.17) is 21.1 Å². The van der Waals surface area contributed by atoms with Crippen LogP contribution in [0.15, 0.2) is 12.1 Å². The number of rotatable bonds is 9. The molecule has 0 fully saturated rings. The third kappa shape index (κ3) is 4.87. The van der Waals surface area contributed by atoms with Crippen molar-refractivity contribution in [1.82, 2.24) is 5.32 Å². The fraction of sp³-hybridized carbons (Fsp3) is 0.647. The Hall–Kier alpha value is -0.770. The Morgan fingerprint density at radius 3 is 3.05 bits per heavy atom. The average molecular weight is 312 g/mol. The van der Waals surface area contributed by atoms with Gasteiger partial charge in [0.05, 0.1) is 6.61 Å². The Kier molecular flexibility index (Phi) is 6.81. The summed E-state index contributed by atoms with van der Waals surface area (Å²) in [6, 6.07) is 4.54.